The van der Waals surface area contributed by atoms with Crippen molar-refractivity contribution in [3.63, 3.8) is 0 Å². The molecule has 1 unspecified atom stereocenters. The van der Waals surface area contributed by atoms with Gasteiger partial charge in [0.1, 0.15) is 5.75 Å². The lowest BCUT2D eigenvalue weighted by atomic mass is 10.2. The van der Waals surface area contributed by atoms with Gasteiger partial charge in [0.25, 0.3) is 0 Å². The maximum atomic E-state index is 10.7. The topological polar surface area (TPSA) is 80.7 Å². The van der Waals surface area contributed by atoms with Crippen molar-refractivity contribution < 1.29 is 22.5 Å². The summed E-state index contributed by atoms with van der Waals surface area (Å²) in [6.45, 7) is 1.18. The summed E-state index contributed by atoms with van der Waals surface area (Å²) in [6.07, 6.45) is 0.548. The summed E-state index contributed by atoms with van der Waals surface area (Å²) in [6, 6.07) is 6.15. The van der Waals surface area contributed by atoms with Gasteiger partial charge in [0, 0.05) is 0 Å². The molecule has 0 bridgehead atoms. The fraction of sp³-hybridized carbons (Fsp3) is 0.222. The molecule has 0 aromatic heterocycles. The molecular weight excluding hydrogens is 220 g/mol. The Labute approximate surface area is 87.4 Å². The number of hydrogen-bond acceptors (Lipinski definition) is 4. The summed E-state index contributed by atoms with van der Waals surface area (Å²) in [5.74, 6) is 0.123. The predicted octanol–water partition coefficient (Wildman–Crippen LogP) is 1.11. The Morgan fingerprint density at radius 2 is 2.00 bits per heavy atom. The third-order valence-corrected chi connectivity index (χ3v) is 2.69. The average Bonchev–Trinajstić information content (AvgIpc) is 2.17. The smallest absolute Gasteiger partial charge is 0.303 e. The summed E-state index contributed by atoms with van der Waals surface area (Å²) >= 11 is 0. The minimum absolute atomic E-state index is 0.123. The van der Waals surface area contributed by atoms with Crippen LogP contribution in [0, 0.1) is 0 Å². The van der Waals surface area contributed by atoms with Gasteiger partial charge in [-0.1, -0.05) is 12.1 Å². The van der Waals surface area contributed by atoms with E-state index in [1.165, 1.54) is 19.1 Å². The van der Waals surface area contributed by atoms with Crippen LogP contribution in [-0.4, -0.2) is 24.7 Å². The van der Waals surface area contributed by atoms with E-state index in [9.17, 15) is 13.2 Å². The minimum atomic E-state index is -4.26. The maximum absolute atomic E-state index is 10.7. The number of benzene rings is 1. The second-order valence-electron chi connectivity index (χ2n) is 2.86. The molecule has 1 rings (SSSR count). The van der Waals surface area contributed by atoms with Crippen molar-refractivity contribution in [3.8, 4) is 5.75 Å². The zero-order valence-corrected chi connectivity index (χ0v) is 8.77. The highest BCUT2D eigenvalue weighted by atomic mass is 32.2. The van der Waals surface area contributed by atoms with Gasteiger partial charge in [-0.15, -0.1) is 0 Å². The van der Waals surface area contributed by atoms with Gasteiger partial charge in [-0.25, -0.2) is 0 Å². The molecule has 1 aromatic carbocycles. The standard InChI is InChI=1S/C9H10O5S/c1-7(15(11,12)13)14-9-5-3-2-4-8(9)6-10/h2-7H,1H3,(H,11,12,13). The van der Waals surface area contributed by atoms with Crippen LogP contribution in [-0.2, 0) is 10.1 Å². The van der Waals surface area contributed by atoms with E-state index in [0.29, 0.717) is 6.29 Å². The van der Waals surface area contributed by atoms with E-state index in [1.54, 1.807) is 12.1 Å². The Bertz CT molecular complexity index is 451. The molecule has 0 saturated carbocycles. The van der Waals surface area contributed by atoms with E-state index < -0.39 is 15.6 Å². The molecular formula is C9H10O5S. The lowest BCUT2D eigenvalue weighted by Crippen LogP contribution is -2.23. The average molecular weight is 230 g/mol. The van der Waals surface area contributed by atoms with Gasteiger partial charge in [0.2, 0.25) is 5.44 Å². The predicted molar refractivity (Wildman–Crippen MR) is 53.5 cm³/mol. The lowest BCUT2D eigenvalue weighted by molar-refractivity contribution is 0.111. The van der Waals surface area contributed by atoms with Gasteiger partial charge < -0.3 is 4.74 Å². The van der Waals surface area contributed by atoms with Crippen molar-refractivity contribution in [2.75, 3.05) is 0 Å². The monoisotopic (exact) mass is 230 g/mol. The first-order valence-corrected chi connectivity index (χ1v) is 5.62. The molecule has 0 radical (unpaired) electrons. The highest BCUT2D eigenvalue weighted by Crippen LogP contribution is 2.18. The van der Waals surface area contributed by atoms with Gasteiger partial charge >= 0.3 is 10.1 Å². The van der Waals surface area contributed by atoms with Crippen LogP contribution in [0.15, 0.2) is 24.3 Å². The van der Waals surface area contributed by atoms with Crippen LogP contribution in [0.25, 0.3) is 0 Å². The van der Waals surface area contributed by atoms with Crippen LogP contribution in [0.2, 0.25) is 0 Å². The fourth-order valence-electron chi connectivity index (χ4n) is 0.925. The summed E-state index contributed by atoms with van der Waals surface area (Å²) in [5.41, 5.74) is -1.17. The zero-order valence-electron chi connectivity index (χ0n) is 7.95. The molecule has 0 aliphatic rings. The normalized spacial score (nSPS) is 13.2. The second kappa shape index (κ2) is 4.41. The van der Waals surface area contributed by atoms with Crippen LogP contribution in [0.4, 0.5) is 0 Å². The first kappa shape index (κ1) is 11.7. The molecule has 82 valence electrons. The molecule has 1 N–H and O–H groups in total. The summed E-state index contributed by atoms with van der Waals surface area (Å²) < 4.78 is 35.0. The van der Waals surface area contributed by atoms with Gasteiger partial charge in [0.15, 0.2) is 6.29 Å². The molecule has 0 spiro atoms. The molecule has 6 heteroatoms. The summed E-state index contributed by atoms with van der Waals surface area (Å²) in [4.78, 5) is 10.6. The van der Waals surface area contributed by atoms with E-state index in [-0.39, 0.29) is 11.3 Å². The Morgan fingerprint density at radius 1 is 1.40 bits per heavy atom. The van der Waals surface area contributed by atoms with Gasteiger partial charge in [-0.2, -0.15) is 8.42 Å². The maximum Gasteiger partial charge on any atom is 0.303 e. The van der Waals surface area contributed by atoms with Crippen LogP contribution < -0.4 is 4.74 Å². The van der Waals surface area contributed by atoms with Crippen molar-refractivity contribution in [1.29, 1.82) is 0 Å². The van der Waals surface area contributed by atoms with Crippen molar-refractivity contribution in [2.24, 2.45) is 0 Å². The van der Waals surface area contributed by atoms with Crippen molar-refractivity contribution in [3.05, 3.63) is 29.8 Å². The van der Waals surface area contributed by atoms with Gasteiger partial charge in [0.05, 0.1) is 5.56 Å². The number of carbonyl (C=O) groups excluding carboxylic acids is 1. The van der Waals surface area contributed by atoms with Crippen molar-refractivity contribution in [2.45, 2.75) is 12.4 Å². The van der Waals surface area contributed by atoms with E-state index >= 15 is 0 Å². The largest absolute Gasteiger partial charge is 0.472 e. The molecule has 5 nitrogen and oxygen atoms in total. The molecule has 1 atom stereocenters. The first-order chi connectivity index (χ1) is 6.95. The lowest BCUT2D eigenvalue weighted by Gasteiger charge is -2.12. The second-order valence-corrected chi connectivity index (χ2v) is 4.55. The molecule has 0 aliphatic heterocycles. The minimum Gasteiger partial charge on any atom is -0.472 e. The number of aldehydes is 1. The van der Waals surface area contributed by atoms with Crippen LogP contribution in [0.5, 0.6) is 5.75 Å². The Morgan fingerprint density at radius 3 is 2.53 bits per heavy atom. The molecule has 0 heterocycles. The van der Waals surface area contributed by atoms with Crippen LogP contribution in [0.1, 0.15) is 17.3 Å². The van der Waals surface area contributed by atoms with E-state index in [2.05, 4.69) is 0 Å². The van der Waals surface area contributed by atoms with E-state index in [0.717, 1.165) is 0 Å². The number of ether oxygens (including phenoxy) is 1. The quantitative estimate of drug-likeness (QED) is 0.619. The van der Waals surface area contributed by atoms with Crippen molar-refractivity contribution >= 4 is 16.4 Å². The number of para-hydroxylation sites is 1. The zero-order chi connectivity index (χ0) is 11.5. The Kier molecular flexibility index (Phi) is 3.43. The van der Waals surface area contributed by atoms with Gasteiger partial charge in [-0.3, -0.25) is 9.35 Å². The first-order valence-electron chi connectivity index (χ1n) is 4.12. The SMILES string of the molecule is CC(Oc1ccccc1C=O)S(=O)(=O)O. The summed E-state index contributed by atoms with van der Waals surface area (Å²) in [5, 5.41) is 0. The third kappa shape index (κ3) is 3.03. The van der Waals surface area contributed by atoms with Crippen LogP contribution in [0.3, 0.4) is 0 Å². The highest BCUT2D eigenvalue weighted by molar-refractivity contribution is 7.86. The number of carbonyl (C=O) groups is 1. The number of hydrogen-bond donors (Lipinski definition) is 1. The third-order valence-electron chi connectivity index (χ3n) is 1.76. The Hall–Kier alpha value is -1.40. The van der Waals surface area contributed by atoms with E-state index in [4.69, 9.17) is 9.29 Å². The van der Waals surface area contributed by atoms with E-state index in [1.807, 2.05) is 0 Å². The summed E-state index contributed by atoms with van der Waals surface area (Å²) in [7, 11) is -4.26. The van der Waals surface area contributed by atoms with Crippen molar-refractivity contribution in [1.82, 2.24) is 0 Å². The number of rotatable bonds is 4. The Balaban J connectivity index is 2.95. The molecule has 0 fully saturated rings. The molecule has 0 amide bonds. The van der Waals surface area contributed by atoms with Gasteiger partial charge in [-0.05, 0) is 19.1 Å². The fourth-order valence-corrected chi connectivity index (χ4v) is 1.15. The highest BCUT2D eigenvalue weighted by Gasteiger charge is 2.19. The molecule has 15 heavy (non-hydrogen) atoms. The molecule has 0 saturated heterocycles. The van der Waals surface area contributed by atoms with Crippen LogP contribution >= 0.6 is 0 Å². The molecule has 1 aromatic rings. The molecule has 0 aliphatic carbocycles.